The molecule has 0 unspecified atom stereocenters. The molecule has 0 saturated heterocycles. The summed E-state index contributed by atoms with van der Waals surface area (Å²) in [5.74, 6) is 0.558. The summed E-state index contributed by atoms with van der Waals surface area (Å²) in [6.07, 6.45) is 0.582. The van der Waals surface area contributed by atoms with Gasteiger partial charge in [-0.1, -0.05) is 6.92 Å². The van der Waals surface area contributed by atoms with Crippen LogP contribution in [-0.4, -0.2) is 30.1 Å². The molecule has 3 rings (SSSR count). The van der Waals surface area contributed by atoms with Crippen LogP contribution >= 0.6 is 0 Å². The van der Waals surface area contributed by atoms with Gasteiger partial charge in [0.25, 0.3) is 0 Å². The molecule has 0 radical (unpaired) electrons. The quantitative estimate of drug-likeness (QED) is 0.581. The van der Waals surface area contributed by atoms with Crippen molar-refractivity contribution in [2.45, 2.75) is 27.2 Å². The number of aryl methyl sites for hydroxylation is 2. The highest BCUT2D eigenvalue weighted by Crippen LogP contribution is 2.32. The summed E-state index contributed by atoms with van der Waals surface area (Å²) in [5, 5.41) is 9.49. The van der Waals surface area contributed by atoms with Crippen LogP contribution in [0.3, 0.4) is 0 Å². The van der Waals surface area contributed by atoms with Crippen LogP contribution < -0.4 is 9.47 Å². The first-order valence-corrected chi connectivity index (χ1v) is 9.12. The van der Waals surface area contributed by atoms with Gasteiger partial charge in [0.1, 0.15) is 22.8 Å². The average molecular weight is 382 g/mol. The normalized spacial score (nSPS) is 10.8. The topological polar surface area (TPSA) is 86.0 Å². The van der Waals surface area contributed by atoms with Crippen molar-refractivity contribution in [2.75, 3.05) is 13.2 Å². The van der Waals surface area contributed by atoms with E-state index in [1.165, 1.54) is 0 Å². The molecular formula is C22H22O6. The number of rotatable bonds is 8. The van der Waals surface area contributed by atoms with Crippen LogP contribution in [0, 0.1) is 6.92 Å². The summed E-state index contributed by atoms with van der Waals surface area (Å²) in [5.41, 5.74) is 2.34. The number of hydrogen-bond donors (Lipinski definition) is 1. The number of ketones is 1. The van der Waals surface area contributed by atoms with E-state index in [-0.39, 0.29) is 5.78 Å². The zero-order valence-corrected chi connectivity index (χ0v) is 16.1. The monoisotopic (exact) mass is 382 g/mol. The molecule has 0 aliphatic rings. The summed E-state index contributed by atoms with van der Waals surface area (Å²) in [4.78, 5) is 23.9. The van der Waals surface area contributed by atoms with E-state index in [1.807, 2.05) is 26.0 Å². The highest BCUT2D eigenvalue weighted by Gasteiger charge is 2.22. The second kappa shape index (κ2) is 8.17. The van der Waals surface area contributed by atoms with Gasteiger partial charge < -0.3 is 19.0 Å². The number of fused-ring (bicyclic) bond motifs is 1. The zero-order chi connectivity index (χ0) is 20.3. The molecule has 6 nitrogen and oxygen atoms in total. The highest BCUT2D eigenvalue weighted by atomic mass is 16.5. The van der Waals surface area contributed by atoms with E-state index in [0.29, 0.717) is 52.6 Å². The van der Waals surface area contributed by atoms with Crippen LogP contribution in [0.4, 0.5) is 0 Å². The second-order valence-corrected chi connectivity index (χ2v) is 6.34. The molecule has 1 N–H and O–H groups in total. The first-order chi connectivity index (χ1) is 13.4. The number of carbonyl (C=O) groups excluding carboxylic acids is 1. The lowest BCUT2D eigenvalue weighted by molar-refractivity contribution is -0.139. The van der Waals surface area contributed by atoms with Crippen molar-refractivity contribution in [3.8, 4) is 11.5 Å². The van der Waals surface area contributed by atoms with Crippen molar-refractivity contribution in [1.29, 1.82) is 0 Å². The maximum Gasteiger partial charge on any atom is 0.341 e. The van der Waals surface area contributed by atoms with E-state index in [4.69, 9.17) is 19.0 Å². The van der Waals surface area contributed by atoms with Crippen LogP contribution in [-0.2, 0) is 11.2 Å². The molecule has 0 aliphatic heterocycles. The lowest BCUT2D eigenvalue weighted by atomic mass is 9.98. The molecule has 0 atom stereocenters. The predicted molar refractivity (Wildman–Crippen MR) is 105 cm³/mol. The molecule has 6 heteroatoms. The van der Waals surface area contributed by atoms with Gasteiger partial charge in [0, 0.05) is 23.4 Å². The summed E-state index contributed by atoms with van der Waals surface area (Å²) in [7, 11) is 0. The zero-order valence-electron chi connectivity index (χ0n) is 16.1. The van der Waals surface area contributed by atoms with Gasteiger partial charge in [-0.25, -0.2) is 4.79 Å². The Morgan fingerprint density at radius 2 is 1.86 bits per heavy atom. The second-order valence-electron chi connectivity index (χ2n) is 6.34. The molecule has 1 aromatic heterocycles. The summed E-state index contributed by atoms with van der Waals surface area (Å²) in [6, 6.07) is 10.4. The van der Waals surface area contributed by atoms with Crippen molar-refractivity contribution in [3.05, 3.63) is 58.8 Å². The number of aliphatic carboxylic acids is 1. The fourth-order valence-electron chi connectivity index (χ4n) is 3.12. The van der Waals surface area contributed by atoms with E-state index >= 15 is 0 Å². The molecule has 0 aliphatic carbocycles. The highest BCUT2D eigenvalue weighted by molar-refractivity contribution is 6.17. The van der Waals surface area contributed by atoms with Gasteiger partial charge in [-0.15, -0.1) is 0 Å². The third-order valence-electron chi connectivity index (χ3n) is 4.38. The number of carboxylic acids is 1. The third kappa shape index (κ3) is 3.86. The Balaban J connectivity index is 1.98. The lowest BCUT2D eigenvalue weighted by Crippen LogP contribution is -2.10. The lowest BCUT2D eigenvalue weighted by Gasteiger charge is -2.09. The standard InChI is InChI=1S/C22H22O6/c1-4-17-21(16-8-7-15(26-5-2)11-19(16)28-17)22(25)14-6-9-18(13(3)10-14)27-12-20(23)24/h6-11H,4-5,12H2,1-3H3,(H,23,24). The largest absolute Gasteiger partial charge is 0.494 e. The Bertz CT molecular complexity index is 1030. The first kappa shape index (κ1) is 19.5. The molecular weight excluding hydrogens is 360 g/mol. The van der Waals surface area contributed by atoms with Gasteiger partial charge >= 0.3 is 5.97 Å². The summed E-state index contributed by atoms with van der Waals surface area (Å²) < 4.78 is 16.6. The molecule has 1 heterocycles. The van der Waals surface area contributed by atoms with E-state index in [9.17, 15) is 9.59 Å². The van der Waals surface area contributed by atoms with Crippen molar-refractivity contribution < 1.29 is 28.6 Å². The smallest absolute Gasteiger partial charge is 0.341 e. The summed E-state index contributed by atoms with van der Waals surface area (Å²) >= 11 is 0. The third-order valence-corrected chi connectivity index (χ3v) is 4.38. The summed E-state index contributed by atoms with van der Waals surface area (Å²) in [6.45, 7) is 5.74. The van der Waals surface area contributed by atoms with Crippen molar-refractivity contribution in [3.63, 3.8) is 0 Å². The molecule has 0 bridgehead atoms. The van der Waals surface area contributed by atoms with E-state index < -0.39 is 12.6 Å². The molecule has 0 spiro atoms. The number of benzene rings is 2. The SMILES string of the molecule is CCOc1ccc2c(C(=O)c3ccc(OCC(=O)O)c(C)c3)c(CC)oc2c1. The van der Waals surface area contributed by atoms with Crippen molar-refractivity contribution >= 4 is 22.7 Å². The molecule has 28 heavy (non-hydrogen) atoms. The molecule has 0 fully saturated rings. The fourth-order valence-corrected chi connectivity index (χ4v) is 3.12. The van der Waals surface area contributed by atoms with Crippen LogP contribution in [0.1, 0.15) is 41.1 Å². The molecule has 3 aromatic rings. The number of ether oxygens (including phenoxy) is 2. The predicted octanol–water partition coefficient (Wildman–Crippen LogP) is 4.40. The van der Waals surface area contributed by atoms with Crippen LogP contribution in [0.15, 0.2) is 40.8 Å². The Morgan fingerprint density at radius 1 is 1.07 bits per heavy atom. The fraction of sp³-hybridized carbons (Fsp3) is 0.273. The Kier molecular flexibility index (Phi) is 5.68. The molecule has 0 saturated carbocycles. The Hall–Kier alpha value is -3.28. The Labute approximate surface area is 162 Å². The van der Waals surface area contributed by atoms with Crippen molar-refractivity contribution in [1.82, 2.24) is 0 Å². The number of carbonyl (C=O) groups is 2. The maximum absolute atomic E-state index is 13.2. The van der Waals surface area contributed by atoms with Crippen LogP contribution in [0.5, 0.6) is 11.5 Å². The van der Waals surface area contributed by atoms with Crippen molar-refractivity contribution in [2.24, 2.45) is 0 Å². The average Bonchev–Trinajstić information content (AvgIpc) is 3.04. The minimum Gasteiger partial charge on any atom is -0.494 e. The van der Waals surface area contributed by atoms with Gasteiger partial charge in [-0.3, -0.25) is 4.79 Å². The van der Waals surface area contributed by atoms with Crippen LogP contribution in [0.2, 0.25) is 0 Å². The maximum atomic E-state index is 13.2. The Morgan fingerprint density at radius 3 is 2.50 bits per heavy atom. The van der Waals surface area contributed by atoms with Gasteiger partial charge in [0.2, 0.25) is 0 Å². The first-order valence-electron chi connectivity index (χ1n) is 9.12. The van der Waals surface area contributed by atoms with Gasteiger partial charge in [0.15, 0.2) is 12.4 Å². The molecule has 146 valence electrons. The van der Waals surface area contributed by atoms with Gasteiger partial charge in [-0.2, -0.15) is 0 Å². The molecule has 0 amide bonds. The van der Waals surface area contributed by atoms with E-state index in [2.05, 4.69) is 0 Å². The van der Waals surface area contributed by atoms with Gasteiger partial charge in [-0.05, 0) is 49.7 Å². The minimum atomic E-state index is -1.05. The molecule has 2 aromatic carbocycles. The van der Waals surface area contributed by atoms with Gasteiger partial charge in [0.05, 0.1) is 12.2 Å². The number of hydrogen-bond acceptors (Lipinski definition) is 5. The van der Waals surface area contributed by atoms with Crippen LogP contribution in [0.25, 0.3) is 11.0 Å². The number of furan rings is 1. The van der Waals surface area contributed by atoms with E-state index in [0.717, 1.165) is 5.39 Å². The minimum absolute atomic E-state index is 0.146. The number of carboxylic acid groups (broad SMARTS) is 1. The van der Waals surface area contributed by atoms with E-state index in [1.54, 1.807) is 31.2 Å².